The zero-order valence-corrected chi connectivity index (χ0v) is 11.7. The van der Waals surface area contributed by atoms with Crippen LogP contribution in [-0.4, -0.2) is 16.5 Å². The zero-order valence-electron chi connectivity index (χ0n) is 9.69. The Morgan fingerprint density at radius 2 is 2.00 bits per heavy atom. The highest BCUT2D eigenvalue weighted by molar-refractivity contribution is 6.05. The molecule has 1 saturated carbocycles. The molecule has 1 aromatic rings. The van der Waals surface area contributed by atoms with Gasteiger partial charge in [-0.25, -0.2) is 0 Å². The lowest BCUT2D eigenvalue weighted by Crippen LogP contribution is -2.23. The summed E-state index contributed by atoms with van der Waals surface area (Å²) in [6.45, 7) is 0. The highest BCUT2D eigenvalue weighted by atomic mass is 28.2. The number of carbonyl (C=O) groups excluding carboxylic acids is 1. The molecular formula is C13H18O2Si. The second-order valence-corrected chi connectivity index (χ2v) is 4.90. The van der Waals surface area contributed by atoms with Crippen molar-refractivity contribution in [3.63, 3.8) is 0 Å². The Bertz CT molecular complexity index is 350. The molecule has 0 aliphatic heterocycles. The first-order chi connectivity index (χ1) is 7.81. The van der Waals surface area contributed by atoms with Gasteiger partial charge in [-0.2, -0.15) is 0 Å². The quantitative estimate of drug-likeness (QED) is 0.729. The van der Waals surface area contributed by atoms with Gasteiger partial charge in [-0.05, 0) is 30.7 Å². The summed E-state index contributed by atoms with van der Waals surface area (Å²) in [5.74, 6) is 0.699. The first-order valence-corrected chi connectivity index (χ1v) is 6.75. The number of carbonyl (C=O) groups is 1. The van der Waals surface area contributed by atoms with E-state index in [1.165, 1.54) is 12.0 Å². The Morgan fingerprint density at radius 3 is 2.69 bits per heavy atom. The summed E-state index contributed by atoms with van der Waals surface area (Å²) < 4.78 is 4.97. The van der Waals surface area contributed by atoms with Crippen molar-refractivity contribution in [1.29, 1.82) is 0 Å². The molecule has 0 radical (unpaired) electrons. The van der Waals surface area contributed by atoms with Crippen molar-refractivity contribution >= 4 is 16.5 Å². The molecular weight excluding hydrogens is 216 g/mol. The van der Waals surface area contributed by atoms with Gasteiger partial charge in [0.1, 0.15) is 0 Å². The van der Waals surface area contributed by atoms with Crippen molar-refractivity contribution < 1.29 is 9.22 Å². The van der Waals surface area contributed by atoms with Gasteiger partial charge in [0.2, 0.25) is 10.5 Å². The van der Waals surface area contributed by atoms with Crippen molar-refractivity contribution in [1.82, 2.24) is 0 Å². The van der Waals surface area contributed by atoms with Gasteiger partial charge in [0.25, 0.3) is 5.97 Å². The van der Waals surface area contributed by atoms with Crippen LogP contribution in [0, 0.1) is 5.92 Å². The molecule has 1 aliphatic rings. The normalized spacial score (nSPS) is 25.2. The topological polar surface area (TPSA) is 26.3 Å². The zero-order chi connectivity index (χ0) is 11.4. The summed E-state index contributed by atoms with van der Waals surface area (Å²) in [6.07, 6.45) is 4.31. The van der Waals surface area contributed by atoms with E-state index < -0.39 is 0 Å². The minimum atomic E-state index is 0.0206. The largest absolute Gasteiger partial charge is 0.529 e. The lowest BCUT2D eigenvalue weighted by molar-refractivity contribution is -0.139. The van der Waals surface area contributed by atoms with Gasteiger partial charge in [0.15, 0.2) is 0 Å². The number of hydrogen-bond donors (Lipinski definition) is 0. The fourth-order valence-electron chi connectivity index (χ4n) is 2.60. The predicted octanol–water partition coefficient (Wildman–Crippen LogP) is 1.78. The lowest BCUT2D eigenvalue weighted by Gasteiger charge is -2.27. The first kappa shape index (κ1) is 11.4. The summed E-state index contributed by atoms with van der Waals surface area (Å²) in [6, 6.07) is 10.5. The van der Waals surface area contributed by atoms with E-state index >= 15 is 0 Å². The average molecular weight is 234 g/mol. The SMILES string of the molecule is O=C(O[SiH3])C1CCCC(c2ccccc2)C1. The Kier molecular flexibility index (Phi) is 3.77. The fraction of sp³-hybridized carbons (Fsp3) is 0.462. The van der Waals surface area contributed by atoms with Crippen LogP contribution in [-0.2, 0) is 9.22 Å². The smallest absolute Gasteiger partial charge is 0.294 e. The first-order valence-electron chi connectivity index (χ1n) is 5.94. The van der Waals surface area contributed by atoms with Crippen molar-refractivity contribution in [2.45, 2.75) is 31.6 Å². The Balaban J connectivity index is 2.05. The molecule has 0 N–H and O–H groups in total. The van der Waals surface area contributed by atoms with Gasteiger partial charge >= 0.3 is 0 Å². The highest BCUT2D eigenvalue weighted by Gasteiger charge is 2.28. The van der Waals surface area contributed by atoms with Crippen LogP contribution < -0.4 is 0 Å². The Hall–Kier alpha value is -1.09. The molecule has 0 aromatic heterocycles. The van der Waals surface area contributed by atoms with Crippen LogP contribution in [0.1, 0.15) is 37.2 Å². The molecule has 0 spiro atoms. The van der Waals surface area contributed by atoms with Crippen LogP contribution in [0.4, 0.5) is 0 Å². The maximum atomic E-state index is 11.6. The lowest BCUT2D eigenvalue weighted by atomic mass is 9.78. The van der Waals surface area contributed by atoms with Crippen LogP contribution in [0.25, 0.3) is 0 Å². The summed E-state index contributed by atoms with van der Waals surface area (Å²) in [5.41, 5.74) is 1.37. The molecule has 3 heteroatoms. The second kappa shape index (κ2) is 5.30. The van der Waals surface area contributed by atoms with E-state index in [4.69, 9.17) is 4.43 Å². The van der Waals surface area contributed by atoms with E-state index in [1.54, 1.807) is 0 Å². The number of hydrogen-bond acceptors (Lipinski definition) is 2. The van der Waals surface area contributed by atoms with Crippen LogP contribution in [0.15, 0.2) is 30.3 Å². The standard InChI is InChI=1S/C13H18O2Si/c14-13(15-16)12-8-4-7-11(9-12)10-5-2-1-3-6-10/h1-3,5-6,11-12H,4,7-9H2,16H3. The third-order valence-electron chi connectivity index (χ3n) is 3.48. The molecule has 1 aliphatic carbocycles. The maximum absolute atomic E-state index is 11.6. The van der Waals surface area contributed by atoms with E-state index in [9.17, 15) is 4.79 Å². The van der Waals surface area contributed by atoms with Gasteiger partial charge in [-0.1, -0.05) is 36.8 Å². The van der Waals surface area contributed by atoms with Gasteiger partial charge in [-0.3, -0.25) is 4.79 Å². The Morgan fingerprint density at radius 1 is 1.25 bits per heavy atom. The molecule has 0 bridgehead atoms. The third kappa shape index (κ3) is 2.53. The maximum Gasteiger partial charge on any atom is 0.294 e. The third-order valence-corrected chi connectivity index (χ3v) is 3.88. The van der Waals surface area contributed by atoms with E-state index in [0.717, 1.165) is 19.3 Å². The van der Waals surface area contributed by atoms with Gasteiger partial charge in [0.05, 0.1) is 5.92 Å². The van der Waals surface area contributed by atoms with E-state index in [2.05, 4.69) is 24.3 Å². The molecule has 1 aromatic carbocycles. The molecule has 2 nitrogen and oxygen atoms in total. The van der Waals surface area contributed by atoms with Crippen LogP contribution in [0.2, 0.25) is 0 Å². The Labute approximate surface area is 99.5 Å². The van der Waals surface area contributed by atoms with Crippen LogP contribution in [0.5, 0.6) is 0 Å². The monoisotopic (exact) mass is 234 g/mol. The van der Waals surface area contributed by atoms with Gasteiger partial charge in [0, 0.05) is 0 Å². The van der Waals surface area contributed by atoms with Crippen molar-refractivity contribution in [2.24, 2.45) is 5.92 Å². The predicted molar refractivity (Wildman–Crippen MR) is 67.2 cm³/mol. The number of rotatable bonds is 2. The molecule has 2 rings (SSSR count). The minimum Gasteiger partial charge on any atom is -0.529 e. The summed E-state index contributed by atoms with van der Waals surface area (Å²) in [7, 11) is 0.520. The van der Waals surface area contributed by atoms with Crippen LogP contribution in [0.3, 0.4) is 0 Å². The van der Waals surface area contributed by atoms with E-state index in [1.807, 2.05) is 6.07 Å². The molecule has 0 amide bonds. The average Bonchev–Trinajstić information content (AvgIpc) is 2.39. The molecule has 2 unspecified atom stereocenters. The molecule has 86 valence electrons. The second-order valence-electron chi connectivity index (χ2n) is 4.49. The summed E-state index contributed by atoms with van der Waals surface area (Å²) >= 11 is 0. The van der Waals surface area contributed by atoms with E-state index in [0.29, 0.717) is 16.4 Å². The minimum absolute atomic E-state index is 0.0206. The van der Waals surface area contributed by atoms with Crippen LogP contribution >= 0.6 is 0 Å². The summed E-state index contributed by atoms with van der Waals surface area (Å²) in [5, 5.41) is 0. The van der Waals surface area contributed by atoms with E-state index in [-0.39, 0.29) is 11.9 Å². The van der Waals surface area contributed by atoms with Crippen molar-refractivity contribution in [2.75, 3.05) is 0 Å². The van der Waals surface area contributed by atoms with Crippen molar-refractivity contribution in [3.8, 4) is 0 Å². The number of benzene rings is 1. The summed E-state index contributed by atoms with van der Waals surface area (Å²) in [4.78, 5) is 11.6. The van der Waals surface area contributed by atoms with Gasteiger partial charge in [-0.15, -0.1) is 0 Å². The van der Waals surface area contributed by atoms with Crippen molar-refractivity contribution in [3.05, 3.63) is 35.9 Å². The van der Waals surface area contributed by atoms with Gasteiger partial charge < -0.3 is 4.43 Å². The molecule has 2 atom stereocenters. The molecule has 1 fully saturated rings. The molecule has 0 saturated heterocycles. The molecule has 16 heavy (non-hydrogen) atoms. The molecule has 0 heterocycles. The highest BCUT2D eigenvalue weighted by Crippen LogP contribution is 2.36. The fourth-order valence-corrected chi connectivity index (χ4v) is 2.93.